The van der Waals surface area contributed by atoms with E-state index in [0.717, 1.165) is 25.7 Å². The summed E-state index contributed by atoms with van der Waals surface area (Å²) < 4.78 is 23.6. The average Bonchev–Trinajstić information content (AvgIpc) is 3.31. The Kier molecular flexibility index (Phi) is 13.2. The molecule has 0 spiro atoms. The minimum atomic E-state index is -2.05. The van der Waals surface area contributed by atoms with Gasteiger partial charge in [0, 0.05) is 68.9 Å². The number of phenols is 1. The maximum Gasteiger partial charge on any atom is 0.312 e. The van der Waals surface area contributed by atoms with Crippen molar-refractivity contribution in [2.75, 3.05) is 20.2 Å². The zero-order valence-corrected chi connectivity index (χ0v) is 34.2. The number of likely N-dealkylation sites (tertiary alicyclic amines) is 1. The summed E-state index contributed by atoms with van der Waals surface area (Å²) in [6, 6.07) is 0. The van der Waals surface area contributed by atoms with Crippen LogP contribution in [0.15, 0.2) is 47.5 Å². The number of nitrogens with zero attached hydrogens (tertiary/aromatic N) is 1. The molecule has 1 aromatic carbocycles. The summed E-state index contributed by atoms with van der Waals surface area (Å²) in [5.41, 5.74) is -1.16. The smallest absolute Gasteiger partial charge is 0.312 e. The first-order chi connectivity index (χ1) is 26.9. The van der Waals surface area contributed by atoms with E-state index in [1.807, 2.05) is 0 Å². The highest BCUT2D eigenvalue weighted by molar-refractivity contribution is 6.32. The van der Waals surface area contributed by atoms with E-state index in [0.29, 0.717) is 13.1 Å². The summed E-state index contributed by atoms with van der Waals surface area (Å²) in [6.45, 7) is 13.3. The number of Topliss-reactive ketones (excluding diaryl/α,β-unsaturated/α-hetero) is 3. The monoisotopic (exact) mass is 792 g/mol. The van der Waals surface area contributed by atoms with Crippen molar-refractivity contribution in [1.82, 2.24) is 10.2 Å². The molecule has 1 fully saturated rings. The summed E-state index contributed by atoms with van der Waals surface area (Å²) in [4.78, 5) is 71.5. The number of hydrogen-bond donors (Lipinski definition) is 4. The molecule has 0 unspecified atom stereocenters. The Bertz CT molecular complexity index is 1920. The predicted molar refractivity (Wildman–Crippen MR) is 208 cm³/mol. The molecular formula is C43H56N2O12. The third kappa shape index (κ3) is 8.30. The second kappa shape index (κ2) is 17.4. The van der Waals surface area contributed by atoms with Crippen LogP contribution in [0.25, 0.3) is 0 Å². The minimum Gasteiger partial charge on any atom is -0.507 e. The Morgan fingerprint density at radius 1 is 0.895 bits per heavy atom. The second-order valence-corrected chi connectivity index (χ2v) is 15.9. The van der Waals surface area contributed by atoms with Crippen molar-refractivity contribution in [3.63, 3.8) is 0 Å². The van der Waals surface area contributed by atoms with Crippen LogP contribution in [0.5, 0.6) is 11.5 Å². The van der Waals surface area contributed by atoms with Crippen molar-refractivity contribution in [2.45, 2.75) is 111 Å². The molecule has 1 saturated heterocycles. The number of rotatable bonds is 3. The van der Waals surface area contributed by atoms with E-state index in [2.05, 4.69) is 5.32 Å². The maximum absolute atomic E-state index is 14.8. The van der Waals surface area contributed by atoms with Crippen LogP contribution in [0.3, 0.4) is 0 Å². The quantitative estimate of drug-likeness (QED) is 0.304. The SMILES string of the molecule is CO[C@H]1C=CO[C@@]2(C)Oc3c(C)c(O)c4c(c3C2=O)C(=O)C(N2CCCCCC2)=C(NC(=O)C(C)=CC=C[C@H](C)[C@H](O)[C@@H](C)[C@H](O)[C@H](C)[C@H](OC(C)=O)[C@@H]1C)C4=O. The molecule has 1 amide bonds. The van der Waals surface area contributed by atoms with E-state index >= 15 is 0 Å². The van der Waals surface area contributed by atoms with Crippen LogP contribution in [-0.2, 0) is 23.8 Å². The number of ketones is 3. The number of fused-ring (bicyclic) bond motifs is 14. The number of carbonyl (C=O) groups excluding carboxylic acids is 5. The average molecular weight is 793 g/mol. The van der Waals surface area contributed by atoms with Gasteiger partial charge >= 0.3 is 11.8 Å². The van der Waals surface area contributed by atoms with Crippen LogP contribution in [0, 0.1) is 30.6 Å². The number of aromatic hydroxyl groups is 1. The van der Waals surface area contributed by atoms with E-state index in [-0.39, 0.29) is 39.4 Å². The van der Waals surface area contributed by atoms with Crippen LogP contribution in [0.1, 0.15) is 111 Å². The van der Waals surface area contributed by atoms with E-state index < -0.39 is 94.4 Å². The van der Waals surface area contributed by atoms with Gasteiger partial charge in [-0.25, -0.2) is 0 Å². The molecular weight excluding hydrogens is 736 g/mol. The van der Waals surface area contributed by atoms with Gasteiger partial charge in [0.25, 0.3) is 11.7 Å². The fraction of sp³-hybridized carbons (Fsp3) is 0.558. The van der Waals surface area contributed by atoms with Gasteiger partial charge in [-0.05, 0) is 32.8 Å². The molecule has 1 aliphatic carbocycles. The van der Waals surface area contributed by atoms with Crippen molar-refractivity contribution in [1.29, 1.82) is 0 Å². The lowest BCUT2D eigenvalue weighted by atomic mass is 9.78. The number of phenolic OH excluding ortho intramolecular Hbond substituents is 1. The zero-order chi connectivity index (χ0) is 42.1. The molecule has 0 saturated carbocycles. The van der Waals surface area contributed by atoms with Crippen LogP contribution >= 0.6 is 0 Å². The molecule has 4 aliphatic heterocycles. The Labute approximate surface area is 333 Å². The number of methoxy groups -OCH3 is 1. The Hall–Kier alpha value is -4.79. The van der Waals surface area contributed by atoms with Gasteiger partial charge in [0.1, 0.15) is 29.0 Å². The molecule has 14 nitrogen and oxygen atoms in total. The molecule has 1 aromatic rings. The van der Waals surface area contributed by atoms with E-state index in [4.69, 9.17) is 18.9 Å². The van der Waals surface area contributed by atoms with Crippen molar-refractivity contribution >= 4 is 29.2 Å². The van der Waals surface area contributed by atoms with Crippen LogP contribution < -0.4 is 10.1 Å². The van der Waals surface area contributed by atoms with Gasteiger partial charge in [-0.15, -0.1) is 0 Å². The van der Waals surface area contributed by atoms with Crippen molar-refractivity contribution in [3.8, 4) is 11.5 Å². The number of ether oxygens (including phenoxy) is 4. The van der Waals surface area contributed by atoms with Gasteiger partial charge in [0.05, 0.1) is 41.3 Å². The standard InChI is InChI=1S/C43H56N2O12/c1-21-15-14-16-22(2)42(53)44-32-33(45-18-12-10-11-13-19-45)38(51)29-30(37(32)50)36(49)26(6)40-31(29)41(52)43(8,57-40)55-20-17-28(54-9)23(3)39(56-27(7)46)25(5)35(48)24(4)34(21)47/h14-17,20-21,23-25,28,34-35,39,47-49H,10-13,18-19H2,1-9H3,(H,44,53)/t21-,23+,24+,25-,28-,34-,35-,39+,43-/m0/s1. The number of benzene rings is 1. The first kappa shape index (κ1) is 43.3. The van der Waals surface area contributed by atoms with Crippen molar-refractivity contribution in [2.24, 2.45) is 23.7 Å². The summed E-state index contributed by atoms with van der Waals surface area (Å²) >= 11 is 0. The van der Waals surface area contributed by atoms with E-state index in [1.165, 1.54) is 53.2 Å². The lowest BCUT2D eigenvalue weighted by molar-refractivity contribution is -0.160. The second-order valence-electron chi connectivity index (χ2n) is 15.9. The summed E-state index contributed by atoms with van der Waals surface area (Å²) in [7, 11) is 1.44. The van der Waals surface area contributed by atoms with Gasteiger partial charge < -0.3 is 44.5 Å². The molecule has 57 heavy (non-hydrogen) atoms. The lowest BCUT2D eigenvalue weighted by Crippen LogP contribution is -2.46. The molecule has 0 radical (unpaired) electrons. The largest absolute Gasteiger partial charge is 0.507 e. The summed E-state index contributed by atoms with van der Waals surface area (Å²) in [5, 5.41) is 37.0. The molecule has 5 aliphatic rings. The Balaban J connectivity index is 1.68. The maximum atomic E-state index is 14.8. The van der Waals surface area contributed by atoms with E-state index in [1.54, 1.807) is 44.7 Å². The highest BCUT2D eigenvalue weighted by atomic mass is 16.7. The third-order valence-corrected chi connectivity index (χ3v) is 11.9. The van der Waals surface area contributed by atoms with E-state index in [9.17, 15) is 39.3 Å². The number of esters is 1. The van der Waals surface area contributed by atoms with Gasteiger partial charge in [0.2, 0.25) is 11.6 Å². The van der Waals surface area contributed by atoms with Crippen LogP contribution in [0.2, 0.25) is 0 Å². The predicted octanol–water partition coefficient (Wildman–Crippen LogP) is 4.83. The lowest BCUT2D eigenvalue weighted by Gasteiger charge is -2.38. The molecule has 0 aromatic heterocycles. The number of carbonyl (C=O) groups is 5. The topological polar surface area (TPSA) is 198 Å². The molecule has 5 bridgehead atoms. The fourth-order valence-corrected chi connectivity index (χ4v) is 8.27. The van der Waals surface area contributed by atoms with Crippen molar-refractivity contribution in [3.05, 3.63) is 69.8 Å². The molecule has 310 valence electrons. The first-order valence-corrected chi connectivity index (χ1v) is 19.6. The van der Waals surface area contributed by atoms with Gasteiger partial charge in [-0.2, -0.15) is 0 Å². The Morgan fingerprint density at radius 2 is 1.54 bits per heavy atom. The number of hydrogen-bond acceptors (Lipinski definition) is 13. The minimum absolute atomic E-state index is 0.0240. The number of allylic oxidation sites excluding steroid dienone is 4. The molecule has 6 rings (SSSR count). The van der Waals surface area contributed by atoms with Gasteiger partial charge in [0.15, 0.2) is 0 Å². The number of aliphatic hydroxyl groups excluding tert-OH is 2. The fourth-order valence-electron chi connectivity index (χ4n) is 8.27. The highest BCUT2D eigenvalue weighted by Crippen LogP contribution is 2.49. The third-order valence-electron chi connectivity index (χ3n) is 11.9. The van der Waals surface area contributed by atoms with Gasteiger partial charge in [-0.1, -0.05) is 58.8 Å². The van der Waals surface area contributed by atoms with Gasteiger partial charge in [-0.3, -0.25) is 24.0 Å². The summed E-state index contributed by atoms with van der Waals surface area (Å²) in [6.07, 6.45) is 6.82. The number of amides is 1. The summed E-state index contributed by atoms with van der Waals surface area (Å²) in [5.74, 6) is -8.81. The Morgan fingerprint density at radius 3 is 2.16 bits per heavy atom. The number of aliphatic hydroxyl groups is 2. The van der Waals surface area contributed by atoms with Crippen LogP contribution in [-0.4, -0.2) is 99.8 Å². The molecule has 9 atom stereocenters. The number of nitrogens with one attached hydrogen (secondary N) is 1. The normalized spacial score (nSPS) is 31.7. The van der Waals surface area contributed by atoms with Crippen molar-refractivity contribution < 1.29 is 58.2 Å². The highest BCUT2D eigenvalue weighted by Gasteiger charge is 2.53. The molecule has 4 N–H and O–H groups in total. The zero-order valence-electron chi connectivity index (χ0n) is 34.2. The molecule has 4 heterocycles. The first-order valence-electron chi connectivity index (χ1n) is 19.6. The van der Waals surface area contributed by atoms with Crippen LogP contribution in [0.4, 0.5) is 0 Å². The molecule has 14 heteroatoms.